The second-order valence-electron chi connectivity index (χ2n) is 0. The van der Waals surface area contributed by atoms with E-state index in [-0.39, 0.29) is 28.3 Å². The van der Waals surface area contributed by atoms with Gasteiger partial charge < -0.3 is 0 Å². The minimum Gasteiger partial charge on any atom is -0.197 e. The van der Waals surface area contributed by atoms with E-state index in [0.29, 0.717) is 0 Å². The third-order valence-electron chi connectivity index (χ3n) is 0. The molecule has 38 valence electrons. The average Bonchev–Trinajstić information content (AvgIpc) is 1.00. The Labute approximate surface area is 43.0 Å². The first-order chi connectivity index (χ1) is 1.00. The monoisotopic (exact) mass is 96.1 g/mol. The highest BCUT2D eigenvalue weighted by Gasteiger charge is 0.932. The maximum atomic E-state index is 2.00. The Morgan fingerprint density at radius 3 is 0.800 bits per heavy atom. The fourth-order valence-corrected chi connectivity index (χ4v) is 0. The maximum Gasteiger partial charge on any atom is -0.0683 e. The molecule has 0 saturated heterocycles. The Bertz CT molecular complexity index is 3.61. The summed E-state index contributed by atoms with van der Waals surface area (Å²) in [5.74, 6) is 0. The van der Waals surface area contributed by atoms with Crippen molar-refractivity contribution in [2.75, 3.05) is 0 Å². The fourth-order valence-electron chi connectivity index (χ4n) is 0. The fraction of sp³-hybridized carbons (Fsp3) is 1.00. The van der Waals surface area contributed by atoms with Gasteiger partial charge in [0.05, 0.1) is 0 Å². The van der Waals surface area contributed by atoms with Crippen molar-refractivity contribution < 1.29 is 0 Å². The first-order valence-electron chi connectivity index (χ1n) is 1.00. The van der Waals surface area contributed by atoms with Gasteiger partial charge in [0.15, 0.2) is 0 Å². The summed E-state index contributed by atoms with van der Waals surface area (Å²) in [7, 11) is 0. The zero-order chi connectivity index (χ0) is 2.00. The molecule has 0 aromatic carbocycles. The van der Waals surface area contributed by atoms with Crippen molar-refractivity contribution in [3.05, 3.63) is 0 Å². The molecule has 0 fully saturated rings. The minimum atomic E-state index is 0. The van der Waals surface area contributed by atoms with Gasteiger partial charge in [0.1, 0.15) is 0 Å². The van der Waals surface area contributed by atoms with Crippen LogP contribution in [0.5, 0.6) is 0 Å². The molecule has 0 aromatic heterocycles. The molecule has 0 amide bonds. The van der Waals surface area contributed by atoms with E-state index in [4.69, 9.17) is 0 Å². The van der Waals surface area contributed by atoms with Gasteiger partial charge in [-0.05, 0) is 0 Å². The van der Waals surface area contributed by atoms with E-state index in [1.54, 1.807) is 0 Å². The predicted molar refractivity (Wildman–Crippen MR) is 35.2 cm³/mol. The normalized spacial score (nSPS) is 1.20. The molecule has 0 heterocycles. The third-order valence-corrected chi connectivity index (χ3v) is 0. The largest absolute Gasteiger partial charge is 0.197 e. The van der Waals surface area contributed by atoms with Crippen LogP contribution in [0.3, 0.4) is 0 Å². The molecule has 0 atom stereocenters. The van der Waals surface area contributed by atoms with E-state index in [2.05, 4.69) is 0 Å². The van der Waals surface area contributed by atoms with E-state index in [1.165, 1.54) is 0 Å². The van der Waals surface area contributed by atoms with E-state index in [1.807, 2.05) is 13.8 Å². The molecule has 0 aromatic rings. The second-order valence-corrected chi connectivity index (χ2v) is 0. The molecule has 0 unspecified atom stereocenters. The first-order valence-corrected chi connectivity index (χ1v) is 1.00. The smallest absolute Gasteiger partial charge is 0.0683 e. The summed E-state index contributed by atoms with van der Waals surface area (Å²) >= 11 is 0. The van der Waals surface area contributed by atoms with Crippen LogP contribution in [0.4, 0.5) is 0 Å². The minimum absolute atomic E-state index is 0. The molecule has 0 saturated carbocycles. The summed E-state index contributed by atoms with van der Waals surface area (Å²) in [5, 5.41) is 0. The summed E-state index contributed by atoms with van der Waals surface area (Å²) in [6.07, 6.45) is 0. The summed E-state index contributed by atoms with van der Waals surface area (Å²) < 4.78 is 0. The van der Waals surface area contributed by atoms with Gasteiger partial charge in [0.25, 0.3) is 0 Å². The van der Waals surface area contributed by atoms with E-state index >= 15 is 0 Å². The Kier molecular flexibility index (Phi) is 4430. The lowest BCUT2D eigenvalue weighted by Crippen LogP contribution is -0.856. The number of hydrogen-bond donors (Lipinski definition) is 0. The van der Waals surface area contributed by atoms with Crippen LogP contribution in [0.15, 0.2) is 0 Å². The lowest BCUT2D eigenvalue weighted by Gasteiger charge is -1.07. The van der Waals surface area contributed by atoms with Gasteiger partial charge in [-0.2, -0.15) is 13.5 Å². The topological polar surface area (TPSA) is 0 Å². The van der Waals surface area contributed by atoms with Crippen molar-refractivity contribution in [2.24, 2.45) is 0 Å². The lowest BCUT2D eigenvalue weighted by atomic mass is 11.0. The zero-order valence-corrected chi connectivity index (χ0v) is 3.50. The van der Waals surface area contributed by atoms with Gasteiger partial charge in [0.2, 0.25) is 0 Å². The van der Waals surface area contributed by atoms with E-state index < -0.39 is 0 Å². The Hall–Kier alpha value is 0.350. The van der Waals surface area contributed by atoms with Crippen LogP contribution in [-0.4, -0.2) is 0 Å². The van der Waals surface area contributed by atoms with Gasteiger partial charge in [-0.1, -0.05) is 28.7 Å². The molecule has 0 rings (SSSR count). The van der Waals surface area contributed by atoms with Crippen molar-refractivity contribution in [3.8, 4) is 0 Å². The molecule has 0 N–H and O–H groups in total. The standard InChI is InChI=1S/C2H6.2CH4.H2S/c1-2;;;/h1-2H3;2*1H4;1H2. The predicted octanol–water partition coefficient (Wildman–Crippen LogP) is 2.41. The Morgan fingerprint density at radius 2 is 0.800 bits per heavy atom. The van der Waals surface area contributed by atoms with Gasteiger partial charge >= 0.3 is 0 Å². The molecule has 0 bridgehead atoms. The van der Waals surface area contributed by atoms with E-state index in [0.717, 1.165) is 0 Å². The molecule has 5 heavy (non-hydrogen) atoms. The molecule has 1 heteroatoms. The van der Waals surface area contributed by atoms with Crippen LogP contribution < -0.4 is 0 Å². The van der Waals surface area contributed by atoms with Gasteiger partial charge in [-0.15, -0.1) is 0 Å². The summed E-state index contributed by atoms with van der Waals surface area (Å²) in [6.45, 7) is 4.00. The van der Waals surface area contributed by atoms with Crippen LogP contribution in [-0.2, 0) is 0 Å². The highest BCUT2D eigenvalue weighted by Crippen LogP contribution is 1.14. The highest BCUT2D eigenvalue weighted by atomic mass is 32.1. The lowest BCUT2D eigenvalue weighted by molar-refractivity contribution is 1.50. The van der Waals surface area contributed by atoms with E-state index in [9.17, 15) is 0 Å². The van der Waals surface area contributed by atoms with Crippen LogP contribution in [0.25, 0.3) is 0 Å². The van der Waals surface area contributed by atoms with Crippen molar-refractivity contribution >= 4 is 13.5 Å². The van der Waals surface area contributed by atoms with Crippen LogP contribution in [0.1, 0.15) is 28.7 Å². The van der Waals surface area contributed by atoms with Crippen molar-refractivity contribution in [2.45, 2.75) is 28.7 Å². The Morgan fingerprint density at radius 1 is 0.800 bits per heavy atom. The van der Waals surface area contributed by atoms with Crippen LogP contribution in [0.2, 0.25) is 0 Å². The molecular weight excluding hydrogens is 80.1 g/mol. The summed E-state index contributed by atoms with van der Waals surface area (Å²) in [6, 6.07) is 0. The van der Waals surface area contributed by atoms with Gasteiger partial charge in [-0.3, -0.25) is 0 Å². The van der Waals surface area contributed by atoms with Crippen LogP contribution in [0, 0.1) is 0 Å². The number of rotatable bonds is 0. The highest BCUT2D eigenvalue weighted by molar-refractivity contribution is 7.59. The van der Waals surface area contributed by atoms with Crippen molar-refractivity contribution in [3.63, 3.8) is 0 Å². The SMILES string of the molecule is C.C.CC.S. The second kappa shape index (κ2) is 399. The first kappa shape index (κ1) is 55.5. The number of hydrogen-bond acceptors (Lipinski definition) is 0. The Balaban J connectivity index is -0.00000000167. The van der Waals surface area contributed by atoms with Crippen molar-refractivity contribution in [1.82, 2.24) is 0 Å². The average molecular weight is 96.2 g/mol. The zero-order valence-electron chi connectivity index (χ0n) is 2.50. The molecule has 0 spiro atoms. The molecule has 0 aliphatic carbocycles. The molecule has 0 radical (unpaired) electrons. The van der Waals surface area contributed by atoms with Crippen molar-refractivity contribution in [1.29, 1.82) is 0 Å². The molecule has 0 nitrogen and oxygen atoms in total. The summed E-state index contributed by atoms with van der Waals surface area (Å²) in [4.78, 5) is 0. The third kappa shape index (κ3) is 196. The van der Waals surface area contributed by atoms with Gasteiger partial charge in [-0.25, -0.2) is 0 Å². The molecular formula is C4H16S. The quantitative estimate of drug-likeness (QED) is 0.434. The molecule has 0 aliphatic rings. The van der Waals surface area contributed by atoms with Crippen LogP contribution >= 0.6 is 13.5 Å². The molecule has 0 aliphatic heterocycles. The van der Waals surface area contributed by atoms with Gasteiger partial charge in [0, 0.05) is 0 Å². The summed E-state index contributed by atoms with van der Waals surface area (Å²) in [5.41, 5.74) is 0. The maximum absolute atomic E-state index is 2.00.